The quantitative estimate of drug-likeness (QED) is 0.418. The van der Waals surface area contributed by atoms with Gasteiger partial charge in [0.1, 0.15) is 5.82 Å². The lowest BCUT2D eigenvalue weighted by atomic mass is 9.98. The van der Waals surface area contributed by atoms with Gasteiger partial charge in [0, 0.05) is 43.7 Å². The first-order valence-electron chi connectivity index (χ1n) is 11.7. The minimum Gasteiger partial charge on any atom is -0.467 e. The largest absolute Gasteiger partial charge is 0.467 e. The van der Waals surface area contributed by atoms with Crippen molar-refractivity contribution in [2.24, 2.45) is 0 Å². The summed E-state index contributed by atoms with van der Waals surface area (Å²) in [6.07, 6.45) is -2.74. The molecule has 196 valence electrons. The minimum atomic E-state index is -4.55. The predicted octanol–water partition coefficient (Wildman–Crippen LogP) is 3.38. The second-order valence-corrected chi connectivity index (χ2v) is 9.06. The number of piperazine rings is 1. The molecule has 4 heterocycles. The molecule has 0 bridgehead atoms. The van der Waals surface area contributed by atoms with Crippen LogP contribution in [0.1, 0.15) is 22.4 Å². The molecule has 0 saturated carbocycles. The molecule has 1 fully saturated rings. The number of nitrogens with zero attached hydrogens (tertiary/aromatic N) is 6. The molecule has 13 heteroatoms. The maximum atomic E-state index is 14.2. The Morgan fingerprint density at radius 3 is 2.51 bits per heavy atom. The number of hydrogen-bond donors (Lipinski definition) is 1. The Morgan fingerprint density at radius 2 is 1.86 bits per heavy atom. The number of amides is 1. The molecule has 0 aliphatic carbocycles. The Kier molecular flexibility index (Phi) is 6.16. The van der Waals surface area contributed by atoms with E-state index in [1.54, 1.807) is 4.90 Å². The first kappa shape index (κ1) is 24.8. The van der Waals surface area contributed by atoms with Gasteiger partial charge < -0.3 is 19.4 Å². The fourth-order valence-electron chi connectivity index (χ4n) is 5.12. The van der Waals surface area contributed by atoms with E-state index in [4.69, 9.17) is 4.74 Å². The number of hydrogen-bond acceptors (Lipinski definition) is 7. The molecule has 9 nitrogen and oxygen atoms in total. The fourth-order valence-corrected chi connectivity index (χ4v) is 5.12. The van der Waals surface area contributed by atoms with Crippen molar-refractivity contribution in [3.63, 3.8) is 0 Å². The van der Waals surface area contributed by atoms with Gasteiger partial charge in [-0.3, -0.25) is 9.89 Å². The minimum absolute atomic E-state index is 0.0691. The van der Waals surface area contributed by atoms with Crippen LogP contribution in [-0.4, -0.2) is 70.8 Å². The monoisotopic (exact) mass is 519 g/mol. The summed E-state index contributed by atoms with van der Waals surface area (Å²) in [5, 5.41) is 7.13. The number of methoxy groups -OCH3 is 1. The third-order valence-electron chi connectivity index (χ3n) is 6.82. The highest BCUT2D eigenvalue weighted by Gasteiger charge is 2.39. The smallest absolute Gasteiger partial charge is 0.418 e. The highest BCUT2D eigenvalue weighted by Crippen LogP contribution is 2.44. The molecule has 2 aromatic heterocycles. The van der Waals surface area contributed by atoms with E-state index < -0.39 is 23.5 Å². The van der Waals surface area contributed by atoms with E-state index >= 15 is 0 Å². The van der Waals surface area contributed by atoms with Gasteiger partial charge in [-0.2, -0.15) is 28.2 Å². The van der Waals surface area contributed by atoms with Crippen molar-refractivity contribution in [1.29, 1.82) is 0 Å². The van der Waals surface area contributed by atoms with Crippen molar-refractivity contribution < 1.29 is 27.1 Å². The molecule has 5 rings (SSSR count). The van der Waals surface area contributed by atoms with Crippen LogP contribution in [0.4, 0.5) is 29.1 Å². The van der Waals surface area contributed by atoms with Crippen molar-refractivity contribution in [1.82, 2.24) is 25.1 Å². The zero-order chi connectivity index (χ0) is 26.5. The maximum Gasteiger partial charge on any atom is 0.418 e. The lowest BCUT2D eigenvalue weighted by Gasteiger charge is -2.38. The average molecular weight is 520 g/mol. The molecule has 3 aromatic rings. The maximum absolute atomic E-state index is 14.2. The first-order chi connectivity index (χ1) is 17.6. The van der Waals surface area contributed by atoms with Gasteiger partial charge in [-0.15, -0.1) is 0 Å². The summed E-state index contributed by atoms with van der Waals surface area (Å²) in [6.45, 7) is 6.32. The van der Waals surface area contributed by atoms with Crippen molar-refractivity contribution in [3.05, 3.63) is 47.1 Å². The summed E-state index contributed by atoms with van der Waals surface area (Å²) in [7, 11) is 1.42. The number of anilines is 2. The van der Waals surface area contributed by atoms with Gasteiger partial charge in [0.05, 0.1) is 42.3 Å². The van der Waals surface area contributed by atoms with E-state index in [0.717, 1.165) is 5.56 Å². The molecule has 1 aromatic carbocycles. The second-order valence-electron chi connectivity index (χ2n) is 9.06. The number of fused-ring (bicyclic) bond motifs is 2. The van der Waals surface area contributed by atoms with Gasteiger partial charge in [0.15, 0.2) is 5.83 Å². The molecule has 0 atom stereocenters. The van der Waals surface area contributed by atoms with Crippen molar-refractivity contribution in [2.75, 3.05) is 49.6 Å². The number of ether oxygens (including phenoxy) is 1. The summed E-state index contributed by atoms with van der Waals surface area (Å²) in [5.74, 6) is -1.13. The number of alkyl halides is 3. The molecule has 1 amide bonds. The number of benzene rings is 1. The van der Waals surface area contributed by atoms with Crippen LogP contribution < -0.4 is 14.5 Å². The van der Waals surface area contributed by atoms with Gasteiger partial charge in [-0.1, -0.05) is 6.58 Å². The van der Waals surface area contributed by atoms with Gasteiger partial charge in [-0.25, -0.2) is 4.39 Å². The SMILES string of the molecule is C=C(F)C(=O)N1CCN(c2nc(OC)nc3c2CCN(c2c(C(F)(F)F)c(C)cc4[nH]ncc24)C3)CC1. The molecule has 0 spiro atoms. The number of rotatable bonds is 4. The summed E-state index contributed by atoms with van der Waals surface area (Å²) >= 11 is 0. The highest BCUT2D eigenvalue weighted by atomic mass is 19.4. The number of aryl methyl sites for hydroxylation is 1. The molecular formula is C24H25F4N7O2. The number of carbonyl (C=O) groups excluding carboxylic acids is 1. The van der Waals surface area contributed by atoms with Gasteiger partial charge in [0.2, 0.25) is 0 Å². The van der Waals surface area contributed by atoms with E-state index in [9.17, 15) is 22.4 Å². The number of carbonyl (C=O) groups is 1. The summed E-state index contributed by atoms with van der Waals surface area (Å²) in [6, 6.07) is 1.55. The predicted molar refractivity (Wildman–Crippen MR) is 128 cm³/mol. The zero-order valence-electron chi connectivity index (χ0n) is 20.3. The molecular weight excluding hydrogens is 494 g/mol. The van der Waals surface area contributed by atoms with Crippen molar-refractivity contribution in [3.8, 4) is 6.01 Å². The van der Waals surface area contributed by atoms with E-state index in [-0.39, 0.29) is 36.9 Å². The number of aromatic nitrogens is 4. The lowest BCUT2D eigenvalue weighted by Crippen LogP contribution is -2.49. The van der Waals surface area contributed by atoms with Crippen molar-refractivity contribution >= 4 is 28.3 Å². The van der Waals surface area contributed by atoms with Crippen LogP contribution in [0.3, 0.4) is 0 Å². The van der Waals surface area contributed by atoms with Crippen LogP contribution >= 0.6 is 0 Å². The van der Waals surface area contributed by atoms with Crippen LogP contribution in [-0.2, 0) is 23.9 Å². The van der Waals surface area contributed by atoms with Gasteiger partial charge >= 0.3 is 12.2 Å². The molecule has 2 aliphatic heterocycles. The van der Waals surface area contributed by atoms with Gasteiger partial charge in [-0.05, 0) is 25.0 Å². The second kappa shape index (κ2) is 9.20. The third-order valence-corrected chi connectivity index (χ3v) is 6.82. The zero-order valence-corrected chi connectivity index (χ0v) is 20.3. The molecule has 2 aliphatic rings. The van der Waals surface area contributed by atoms with E-state index in [1.807, 2.05) is 4.90 Å². The normalized spacial score (nSPS) is 16.2. The lowest BCUT2D eigenvalue weighted by molar-refractivity contribution is -0.137. The molecule has 0 radical (unpaired) electrons. The third kappa shape index (κ3) is 4.42. The Balaban J connectivity index is 1.50. The average Bonchev–Trinajstić information content (AvgIpc) is 3.33. The summed E-state index contributed by atoms with van der Waals surface area (Å²) < 4.78 is 61.2. The highest BCUT2D eigenvalue weighted by molar-refractivity contribution is 5.95. The number of aromatic amines is 1. The number of halogens is 4. The summed E-state index contributed by atoms with van der Waals surface area (Å²) in [4.78, 5) is 26.0. The molecule has 37 heavy (non-hydrogen) atoms. The molecule has 1 N–H and O–H groups in total. The molecule has 0 unspecified atom stereocenters. The molecule has 1 saturated heterocycles. The van der Waals surface area contributed by atoms with Crippen LogP contribution in [0, 0.1) is 6.92 Å². The Hall–Kier alpha value is -3.90. The van der Waals surface area contributed by atoms with E-state index in [1.165, 1.54) is 31.2 Å². The Morgan fingerprint density at radius 1 is 1.14 bits per heavy atom. The Labute approximate surface area is 209 Å². The standard InChI is InChI=1S/C24H25F4N7O2/c1-13-10-17-16(11-29-32-17)20(19(13)24(26,27)28)35-5-4-15-18(12-35)30-23(37-3)31-21(15)33-6-8-34(9-7-33)22(36)14(2)25/h10-11H,2,4-9,12H2,1,3H3,(H,29,32). The van der Waals surface area contributed by atoms with Crippen LogP contribution in [0.5, 0.6) is 6.01 Å². The topological polar surface area (TPSA) is 90.5 Å². The number of H-pyrrole nitrogens is 1. The van der Waals surface area contributed by atoms with Crippen LogP contribution in [0.25, 0.3) is 10.9 Å². The van der Waals surface area contributed by atoms with Crippen molar-refractivity contribution in [2.45, 2.75) is 26.1 Å². The number of nitrogens with one attached hydrogen (secondary N) is 1. The van der Waals surface area contributed by atoms with E-state index in [2.05, 4.69) is 26.7 Å². The summed E-state index contributed by atoms with van der Waals surface area (Å²) in [5.41, 5.74) is 1.39. The first-order valence-corrected chi connectivity index (χ1v) is 11.7. The Bertz CT molecular complexity index is 1380. The van der Waals surface area contributed by atoms with Crippen LogP contribution in [0.2, 0.25) is 0 Å². The van der Waals surface area contributed by atoms with Crippen LogP contribution in [0.15, 0.2) is 24.7 Å². The van der Waals surface area contributed by atoms with E-state index in [0.29, 0.717) is 48.5 Å². The van der Waals surface area contributed by atoms with Gasteiger partial charge in [0.25, 0.3) is 5.91 Å². The fraction of sp³-hybridized carbons (Fsp3) is 0.417.